The van der Waals surface area contributed by atoms with E-state index in [0.717, 1.165) is 0 Å². The third-order valence-electron chi connectivity index (χ3n) is 3.32. The van der Waals surface area contributed by atoms with E-state index in [-0.39, 0.29) is 0 Å². The van der Waals surface area contributed by atoms with Crippen LogP contribution < -0.4 is 5.32 Å². The molecule has 1 N–H and O–H groups in total. The summed E-state index contributed by atoms with van der Waals surface area (Å²) in [6, 6.07) is 0.370. The first-order valence-corrected chi connectivity index (χ1v) is 5.07. The van der Waals surface area contributed by atoms with Gasteiger partial charge in [0.05, 0.1) is 12.2 Å². The van der Waals surface area contributed by atoms with Gasteiger partial charge in [-0.3, -0.25) is 0 Å². The van der Waals surface area contributed by atoms with Crippen LogP contribution in [0.25, 0.3) is 0 Å². The van der Waals surface area contributed by atoms with Gasteiger partial charge in [-0.2, -0.15) is 0 Å². The van der Waals surface area contributed by atoms with Gasteiger partial charge >= 0.3 is 0 Å². The van der Waals surface area contributed by atoms with Crippen molar-refractivity contribution in [3.8, 4) is 0 Å². The monoisotopic (exact) mass is 183 g/mol. The molecule has 0 aromatic carbocycles. The molecular weight excluding hydrogens is 162 g/mol. The molecule has 1 fully saturated rings. The van der Waals surface area contributed by atoms with Crippen LogP contribution in [-0.2, 0) is 4.74 Å². The zero-order valence-corrected chi connectivity index (χ0v) is 9.08. The fourth-order valence-corrected chi connectivity index (χ4v) is 2.38. The van der Waals surface area contributed by atoms with Gasteiger partial charge in [-0.15, -0.1) is 6.58 Å². The van der Waals surface area contributed by atoms with Crippen LogP contribution in [0.1, 0.15) is 20.8 Å². The van der Waals surface area contributed by atoms with E-state index in [4.69, 9.17) is 4.74 Å². The molecule has 0 aliphatic carbocycles. The number of hydrogen-bond acceptors (Lipinski definition) is 2. The molecule has 13 heavy (non-hydrogen) atoms. The number of likely N-dealkylation sites (N-methyl/N-ethyl adjacent to an activating group) is 1. The van der Waals surface area contributed by atoms with Crippen molar-refractivity contribution in [2.24, 2.45) is 11.8 Å². The second-order valence-electron chi connectivity index (χ2n) is 4.03. The highest BCUT2D eigenvalue weighted by atomic mass is 16.5. The Balaban J connectivity index is 2.71. The van der Waals surface area contributed by atoms with Crippen LogP contribution >= 0.6 is 0 Å². The summed E-state index contributed by atoms with van der Waals surface area (Å²) in [6.45, 7) is 10.4. The molecule has 0 bridgehead atoms. The van der Waals surface area contributed by atoms with Crippen LogP contribution in [0.2, 0.25) is 0 Å². The van der Waals surface area contributed by atoms with Gasteiger partial charge in [0.25, 0.3) is 0 Å². The molecule has 0 saturated carbocycles. The highest BCUT2D eigenvalue weighted by Gasteiger charge is 2.39. The maximum absolute atomic E-state index is 5.78. The lowest BCUT2D eigenvalue weighted by Crippen LogP contribution is -2.38. The normalized spacial score (nSPS) is 41.8. The van der Waals surface area contributed by atoms with E-state index in [0.29, 0.717) is 30.1 Å². The summed E-state index contributed by atoms with van der Waals surface area (Å²) < 4.78 is 5.78. The van der Waals surface area contributed by atoms with Crippen LogP contribution in [-0.4, -0.2) is 25.3 Å². The summed E-state index contributed by atoms with van der Waals surface area (Å²) in [5, 5.41) is 3.28. The molecule has 1 rings (SSSR count). The van der Waals surface area contributed by atoms with E-state index < -0.39 is 0 Å². The minimum Gasteiger partial charge on any atom is -0.375 e. The van der Waals surface area contributed by atoms with E-state index in [1.54, 1.807) is 0 Å². The zero-order valence-electron chi connectivity index (χ0n) is 9.08. The van der Waals surface area contributed by atoms with Crippen molar-refractivity contribution in [2.75, 3.05) is 7.05 Å². The molecule has 1 aliphatic rings. The van der Waals surface area contributed by atoms with Crippen molar-refractivity contribution >= 4 is 0 Å². The van der Waals surface area contributed by atoms with Gasteiger partial charge in [-0.05, 0) is 26.8 Å². The predicted octanol–water partition coefficient (Wildman–Crippen LogP) is 1.82. The Kier molecular flexibility index (Phi) is 3.51. The first-order chi connectivity index (χ1) is 6.11. The Morgan fingerprint density at radius 3 is 2.23 bits per heavy atom. The summed E-state index contributed by atoms with van der Waals surface area (Å²) in [4.78, 5) is 0. The Bertz CT molecular complexity index is 181. The number of hydrogen-bond donors (Lipinski definition) is 1. The minimum atomic E-state index is 0.334. The number of rotatable bonds is 3. The maximum Gasteiger partial charge on any atom is 0.0600 e. The van der Waals surface area contributed by atoms with E-state index in [1.807, 2.05) is 13.1 Å². The van der Waals surface area contributed by atoms with Gasteiger partial charge in [0.1, 0.15) is 0 Å². The van der Waals surface area contributed by atoms with Crippen molar-refractivity contribution in [3.05, 3.63) is 12.7 Å². The first kappa shape index (κ1) is 10.7. The molecule has 5 atom stereocenters. The second kappa shape index (κ2) is 4.25. The van der Waals surface area contributed by atoms with Gasteiger partial charge in [-0.1, -0.05) is 13.0 Å². The molecule has 1 aliphatic heterocycles. The van der Waals surface area contributed by atoms with Gasteiger partial charge in [0.2, 0.25) is 0 Å². The number of nitrogens with one attached hydrogen (secondary N) is 1. The maximum atomic E-state index is 5.78. The summed E-state index contributed by atoms with van der Waals surface area (Å²) in [7, 11) is 1.98. The van der Waals surface area contributed by atoms with Gasteiger partial charge < -0.3 is 10.1 Å². The number of ether oxygens (including phenoxy) is 1. The van der Waals surface area contributed by atoms with Crippen LogP contribution in [0.3, 0.4) is 0 Å². The molecule has 1 saturated heterocycles. The smallest absolute Gasteiger partial charge is 0.0600 e. The van der Waals surface area contributed by atoms with E-state index in [1.165, 1.54) is 0 Å². The molecule has 0 radical (unpaired) electrons. The van der Waals surface area contributed by atoms with Crippen LogP contribution in [0.5, 0.6) is 0 Å². The predicted molar refractivity (Wildman–Crippen MR) is 55.7 cm³/mol. The largest absolute Gasteiger partial charge is 0.375 e. The topological polar surface area (TPSA) is 21.3 Å². The molecule has 0 aromatic rings. The lowest BCUT2D eigenvalue weighted by atomic mass is 9.83. The molecular formula is C11H21NO. The molecule has 0 spiro atoms. The highest BCUT2D eigenvalue weighted by molar-refractivity contribution is 4.98. The molecule has 0 aromatic heterocycles. The lowest BCUT2D eigenvalue weighted by Gasteiger charge is -2.25. The van der Waals surface area contributed by atoms with E-state index in [9.17, 15) is 0 Å². The first-order valence-electron chi connectivity index (χ1n) is 5.07. The molecule has 2 nitrogen and oxygen atoms in total. The third-order valence-corrected chi connectivity index (χ3v) is 3.32. The molecule has 1 heterocycles. The quantitative estimate of drug-likeness (QED) is 0.674. The third kappa shape index (κ3) is 1.94. The summed E-state index contributed by atoms with van der Waals surface area (Å²) in [5.41, 5.74) is 0. The fraction of sp³-hybridized carbons (Fsp3) is 0.818. The SMILES string of the molecule is C=CC(NC)C1C(C)OC(C)C1C. The van der Waals surface area contributed by atoms with Gasteiger partial charge in [-0.25, -0.2) is 0 Å². The summed E-state index contributed by atoms with van der Waals surface area (Å²) >= 11 is 0. The van der Waals surface area contributed by atoms with Crippen LogP contribution in [0.15, 0.2) is 12.7 Å². The average Bonchev–Trinajstić information content (AvgIpc) is 2.34. The molecule has 76 valence electrons. The van der Waals surface area contributed by atoms with Crippen molar-refractivity contribution in [3.63, 3.8) is 0 Å². The van der Waals surface area contributed by atoms with E-state index in [2.05, 4.69) is 32.7 Å². The Labute approximate surface area is 81.4 Å². The van der Waals surface area contributed by atoms with Crippen molar-refractivity contribution in [1.82, 2.24) is 5.32 Å². The summed E-state index contributed by atoms with van der Waals surface area (Å²) in [5.74, 6) is 1.16. The average molecular weight is 183 g/mol. The Morgan fingerprint density at radius 2 is 1.92 bits per heavy atom. The summed E-state index contributed by atoms with van der Waals surface area (Å²) in [6.07, 6.45) is 2.69. The van der Waals surface area contributed by atoms with Crippen LogP contribution in [0, 0.1) is 11.8 Å². The lowest BCUT2D eigenvalue weighted by molar-refractivity contribution is 0.0494. The molecule has 5 unspecified atom stereocenters. The highest BCUT2D eigenvalue weighted by Crippen LogP contribution is 2.34. The standard InChI is InChI=1S/C11H21NO/c1-6-10(12-5)11-7(2)8(3)13-9(11)4/h6-12H,1H2,2-5H3. The Hall–Kier alpha value is -0.340. The van der Waals surface area contributed by atoms with Crippen molar-refractivity contribution in [1.29, 1.82) is 0 Å². The second-order valence-corrected chi connectivity index (χ2v) is 4.03. The van der Waals surface area contributed by atoms with Crippen LogP contribution in [0.4, 0.5) is 0 Å². The minimum absolute atomic E-state index is 0.334. The van der Waals surface area contributed by atoms with Crippen molar-refractivity contribution < 1.29 is 4.74 Å². The van der Waals surface area contributed by atoms with Crippen molar-refractivity contribution in [2.45, 2.75) is 39.0 Å². The van der Waals surface area contributed by atoms with E-state index >= 15 is 0 Å². The molecule has 0 amide bonds. The van der Waals surface area contributed by atoms with Gasteiger partial charge in [0.15, 0.2) is 0 Å². The van der Waals surface area contributed by atoms with Gasteiger partial charge in [0, 0.05) is 12.0 Å². The fourth-order valence-electron chi connectivity index (χ4n) is 2.38. The zero-order chi connectivity index (χ0) is 10.0. The Morgan fingerprint density at radius 1 is 1.31 bits per heavy atom. The molecule has 2 heteroatoms.